The fourth-order valence-corrected chi connectivity index (χ4v) is 2.22. The standard InChI is InChI=1S/C20H35N5O2.HI/c1-5-21-20(23-12-15-27-14-10-17(2)3)24-16-19(26)25(4)13-9-18-8-6-7-11-22-18;/h6-8,11,17H,5,9-10,12-16H2,1-4H3,(H2,21,23,24);1H. The van der Waals surface area contributed by atoms with Crippen LogP contribution in [0.3, 0.4) is 0 Å². The highest BCUT2D eigenvalue weighted by atomic mass is 127. The van der Waals surface area contributed by atoms with E-state index in [1.165, 1.54) is 0 Å². The minimum Gasteiger partial charge on any atom is -0.380 e. The Balaban J connectivity index is 0.00000729. The average molecular weight is 505 g/mol. The van der Waals surface area contributed by atoms with Crippen LogP contribution in [0.1, 0.15) is 32.9 Å². The molecule has 1 heterocycles. The van der Waals surface area contributed by atoms with Crippen LogP contribution in [0.4, 0.5) is 0 Å². The van der Waals surface area contributed by atoms with Crippen LogP contribution in [0.5, 0.6) is 0 Å². The van der Waals surface area contributed by atoms with Gasteiger partial charge < -0.3 is 20.3 Å². The molecule has 0 unspecified atom stereocenters. The third kappa shape index (κ3) is 12.9. The SMILES string of the molecule is CCNC(=NCC(=O)N(C)CCc1ccccn1)NCCOCCC(C)C.I. The van der Waals surface area contributed by atoms with Gasteiger partial charge in [-0.15, -0.1) is 24.0 Å². The second-order valence-electron chi connectivity index (χ2n) is 6.80. The Morgan fingerprint density at radius 1 is 1.29 bits per heavy atom. The molecule has 28 heavy (non-hydrogen) atoms. The van der Waals surface area contributed by atoms with Crippen molar-refractivity contribution >= 4 is 35.8 Å². The number of ether oxygens (including phenoxy) is 1. The third-order valence-corrected chi connectivity index (χ3v) is 3.95. The van der Waals surface area contributed by atoms with E-state index in [1.54, 1.807) is 18.1 Å². The van der Waals surface area contributed by atoms with Crippen molar-refractivity contribution in [2.75, 3.05) is 46.4 Å². The summed E-state index contributed by atoms with van der Waals surface area (Å²) in [6.45, 7) is 9.89. The van der Waals surface area contributed by atoms with Crippen molar-refractivity contribution in [1.29, 1.82) is 0 Å². The van der Waals surface area contributed by atoms with Crippen molar-refractivity contribution in [1.82, 2.24) is 20.5 Å². The lowest BCUT2D eigenvalue weighted by atomic mass is 10.1. The topological polar surface area (TPSA) is 78.9 Å². The normalized spacial score (nSPS) is 11.1. The molecule has 0 aliphatic carbocycles. The largest absolute Gasteiger partial charge is 0.380 e. The van der Waals surface area contributed by atoms with Crippen LogP contribution in [0.15, 0.2) is 29.4 Å². The number of aromatic nitrogens is 1. The van der Waals surface area contributed by atoms with Crippen LogP contribution in [0, 0.1) is 5.92 Å². The Morgan fingerprint density at radius 2 is 2.07 bits per heavy atom. The number of hydrogen-bond donors (Lipinski definition) is 2. The van der Waals surface area contributed by atoms with Crippen molar-refractivity contribution in [3.05, 3.63) is 30.1 Å². The number of aliphatic imine (C=N–C) groups is 1. The van der Waals surface area contributed by atoms with Crippen LogP contribution >= 0.6 is 24.0 Å². The van der Waals surface area contributed by atoms with E-state index in [1.807, 2.05) is 25.1 Å². The van der Waals surface area contributed by atoms with Crippen LogP contribution in [-0.4, -0.2) is 68.2 Å². The summed E-state index contributed by atoms with van der Waals surface area (Å²) < 4.78 is 5.58. The summed E-state index contributed by atoms with van der Waals surface area (Å²) in [4.78, 5) is 22.6. The van der Waals surface area contributed by atoms with Crippen molar-refractivity contribution in [2.24, 2.45) is 10.9 Å². The lowest BCUT2D eigenvalue weighted by Gasteiger charge is -2.16. The van der Waals surface area contributed by atoms with E-state index >= 15 is 0 Å². The second kappa shape index (κ2) is 16.5. The fraction of sp³-hybridized carbons (Fsp3) is 0.650. The summed E-state index contributed by atoms with van der Waals surface area (Å²) >= 11 is 0. The van der Waals surface area contributed by atoms with E-state index in [0.717, 1.165) is 31.7 Å². The van der Waals surface area contributed by atoms with E-state index in [0.29, 0.717) is 31.6 Å². The first-order valence-corrected chi connectivity index (χ1v) is 9.76. The monoisotopic (exact) mass is 505 g/mol. The molecule has 0 saturated carbocycles. The molecule has 0 aliphatic heterocycles. The number of nitrogens with one attached hydrogen (secondary N) is 2. The van der Waals surface area contributed by atoms with Gasteiger partial charge in [0, 0.05) is 51.6 Å². The van der Waals surface area contributed by atoms with Crippen molar-refractivity contribution in [3.63, 3.8) is 0 Å². The minimum absolute atomic E-state index is 0. The molecule has 7 nitrogen and oxygen atoms in total. The molecule has 0 aliphatic rings. The predicted octanol–water partition coefficient (Wildman–Crippen LogP) is 2.32. The molecule has 0 bridgehead atoms. The smallest absolute Gasteiger partial charge is 0.244 e. The average Bonchev–Trinajstić information content (AvgIpc) is 2.67. The number of amides is 1. The van der Waals surface area contributed by atoms with E-state index in [9.17, 15) is 4.79 Å². The summed E-state index contributed by atoms with van der Waals surface area (Å²) in [7, 11) is 1.80. The predicted molar refractivity (Wildman–Crippen MR) is 125 cm³/mol. The summed E-state index contributed by atoms with van der Waals surface area (Å²) in [6.07, 6.45) is 3.56. The Hall–Kier alpha value is -1.42. The Labute approximate surface area is 186 Å². The van der Waals surface area contributed by atoms with Gasteiger partial charge in [0.25, 0.3) is 0 Å². The van der Waals surface area contributed by atoms with Gasteiger partial charge in [0.2, 0.25) is 5.91 Å². The van der Waals surface area contributed by atoms with Gasteiger partial charge in [-0.3, -0.25) is 9.78 Å². The number of carbonyl (C=O) groups excluding carboxylic acids is 1. The van der Waals surface area contributed by atoms with E-state index in [2.05, 4.69) is 34.5 Å². The molecule has 0 radical (unpaired) electrons. The number of rotatable bonds is 12. The van der Waals surface area contributed by atoms with Gasteiger partial charge in [0.1, 0.15) is 6.54 Å². The molecule has 1 rings (SSSR count). The van der Waals surface area contributed by atoms with Crippen molar-refractivity contribution in [3.8, 4) is 0 Å². The molecular formula is C20H36IN5O2. The summed E-state index contributed by atoms with van der Waals surface area (Å²) in [5.74, 6) is 1.27. The van der Waals surface area contributed by atoms with E-state index in [-0.39, 0.29) is 36.4 Å². The molecule has 1 amide bonds. The van der Waals surface area contributed by atoms with Crippen LogP contribution < -0.4 is 10.6 Å². The summed E-state index contributed by atoms with van der Waals surface area (Å²) in [5, 5.41) is 6.34. The molecule has 0 fully saturated rings. The van der Waals surface area contributed by atoms with Gasteiger partial charge in [-0.2, -0.15) is 0 Å². The minimum atomic E-state index is -0.0173. The third-order valence-electron chi connectivity index (χ3n) is 3.95. The van der Waals surface area contributed by atoms with Crippen LogP contribution in [0.2, 0.25) is 0 Å². The molecule has 160 valence electrons. The van der Waals surface area contributed by atoms with Gasteiger partial charge in [-0.25, -0.2) is 4.99 Å². The Morgan fingerprint density at radius 3 is 2.71 bits per heavy atom. The van der Waals surface area contributed by atoms with Crippen LogP contribution in [0.25, 0.3) is 0 Å². The molecule has 1 aromatic rings. The Kier molecular flexibility index (Phi) is 15.7. The second-order valence-corrected chi connectivity index (χ2v) is 6.80. The summed E-state index contributed by atoms with van der Waals surface area (Å²) in [6, 6.07) is 5.81. The Bertz CT molecular complexity index is 555. The number of nitrogens with zero attached hydrogens (tertiary/aromatic N) is 3. The molecule has 8 heteroatoms. The molecular weight excluding hydrogens is 469 g/mol. The van der Waals surface area contributed by atoms with E-state index in [4.69, 9.17) is 4.74 Å². The highest BCUT2D eigenvalue weighted by Gasteiger charge is 2.09. The molecule has 0 saturated heterocycles. The first kappa shape index (κ1) is 26.6. The lowest BCUT2D eigenvalue weighted by Crippen LogP contribution is -2.40. The van der Waals surface area contributed by atoms with E-state index < -0.39 is 0 Å². The first-order chi connectivity index (χ1) is 13.0. The maximum absolute atomic E-state index is 12.3. The van der Waals surface area contributed by atoms with Gasteiger partial charge >= 0.3 is 0 Å². The number of halogens is 1. The first-order valence-electron chi connectivity index (χ1n) is 9.76. The highest BCUT2D eigenvalue weighted by molar-refractivity contribution is 14.0. The number of likely N-dealkylation sites (N-methyl/N-ethyl adjacent to an activating group) is 1. The zero-order chi connectivity index (χ0) is 19.9. The van der Waals surface area contributed by atoms with Gasteiger partial charge in [0.15, 0.2) is 5.96 Å². The number of guanidine groups is 1. The number of hydrogen-bond acceptors (Lipinski definition) is 4. The highest BCUT2D eigenvalue weighted by Crippen LogP contribution is 1.98. The summed E-state index contributed by atoms with van der Waals surface area (Å²) in [5.41, 5.74) is 0.980. The van der Waals surface area contributed by atoms with Gasteiger partial charge in [0.05, 0.1) is 6.61 Å². The van der Waals surface area contributed by atoms with Crippen LogP contribution in [-0.2, 0) is 16.0 Å². The number of carbonyl (C=O) groups is 1. The maximum Gasteiger partial charge on any atom is 0.244 e. The molecule has 0 atom stereocenters. The zero-order valence-corrected chi connectivity index (χ0v) is 19.9. The fourth-order valence-electron chi connectivity index (χ4n) is 2.22. The van der Waals surface area contributed by atoms with Gasteiger partial charge in [-0.1, -0.05) is 19.9 Å². The lowest BCUT2D eigenvalue weighted by molar-refractivity contribution is -0.128. The zero-order valence-electron chi connectivity index (χ0n) is 17.6. The van der Waals surface area contributed by atoms with Crippen molar-refractivity contribution in [2.45, 2.75) is 33.6 Å². The number of pyridine rings is 1. The quantitative estimate of drug-likeness (QED) is 0.197. The maximum atomic E-state index is 12.3. The molecule has 0 aromatic carbocycles. The molecule has 0 spiro atoms. The molecule has 2 N–H and O–H groups in total. The van der Waals surface area contributed by atoms with Crippen molar-refractivity contribution < 1.29 is 9.53 Å². The molecule has 1 aromatic heterocycles. The van der Waals surface area contributed by atoms with Gasteiger partial charge in [-0.05, 0) is 31.4 Å².